The second-order valence-corrected chi connectivity index (χ2v) is 5.80. The van der Waals surface area contributed by atoms with Crippen LogP contribution in [0.5, 0.6) is 11.5 Å². The number of methoxy groups -OCH3 is 2. The SMILES string of the molecule is COc1ccc(C(=O)C2CC23CCNCC3)c(OC)c1. The molecule has 1 aromatic rings. The summed E-state index contributed by atoms with van der Waals surface area (Å²) < 4.78 is 10.5. The molecular weight excluding hydrogens is 254 g/mol. The Balaban J connectivity index is 1.81. The quantitative estimate of drug-likeness (QED) is 0.856. The Morgan fingerprint density at radius 3 is 2.65 bits per heavy atom. The van der Waals surface area contributed by atoms with Crippen molar-refractivity contribution in [2.24, 2.45) is 11.3 Å². The van der Waals surface area contributed by atoms with Crippen LogP contribution in [-0.2, 0) is 0 Å². The van der Waals surface area contributed by atoms with Crippen molar-refractivity contribution < 1.29 is 14.3 Å². The Hall–Kier alpha value is -1.55. The van der Waals surface area contributed by atoms with Gasteiger partial charge in [-0.1, -0.05) is 0 Å². The summed E-state index contributed by atoms with van der Waals surface area (Å²) in [5.41, 5.74) is 0.946. The maximum Gasteiger partial charge on any atom is 0.170 e. The Bertz CT molecular complexity index is 520. The average molecular weight is 275 g/mol. The molecular formula is C16H21NO3. The molecule has 0 aromatic heterocycles. The number of hydrogen-bond donors (Lipinski definition) is 1. The van der Waals surface area contributed by atoms with Crippen LogP contribution in [0, 0.1) is 11.3 Å². The van der Waals surface area contributed by atoms with Gasteiger partial charge in [0.25, 0.3) is 0 Å². The minimum atomic E-state index is 0.173. The standard InChI is InChI=1S/C16H21NO3/c1-19-11-3-4-12(14(9-11)20-2)15(18)13-10-16(13)5-7-17-8-6-16/h3-4,9,13,17H,5-8,10H2,1-2H3. The van der Waals surface area contributed by atoms with Crippen molar-refractivity contribution >= 4 is 5.78 Å². The molecule has 1 saturated carbocycles. The first-order valence-electron chi connectivity index (χ1n) is 7.17. The smallest absolute Gasteiger partial charge is 0.170 e. The summed E-state index contributed by atoms with van der Waals surface area (Å²) in [4.78, 5) is 12.7. The molecule has 1 heterocycles. The van der Waals surface area contributed by atoms with Crippen LogP contribution >= 0.6 is 0 Å². The van der Waals surface area contributed by atoms with Gasteiger partial charge < -0.3 is 14.8 Å². The topological polar surface area (TPSA) is 47.6 Å². The molecule has 0 amide bonds. The molecule has 1 N–H and O–H groups in total. The number of carbonyl (C=O) groups excluding carboxylic acids is 1. The van der Waals surface area contributed by atoms with Crippen molar-refractivity contribution in [3.8, 4) is 11.5 Å². The lowest BCUT2D eigenvalue weighted by Crippen LogP contribution is -2.30. The van der Waals surface area contributed by atoms with Gasteiger partial charge in [-0.25, -0.2) is 0 Å². The first-order valence-corrected chi connectivity index (χ1v) is 7.17. The van der Waals surface area contributed by atoms with Gasteiger partial charge in [0.2, 0.25) is 0 Å². The Morgan fingerprint density at radius 2 is 2.00 bits per heavy atom. The number of rotatable bonds is 4. The van der Waals surface area contributed by atoms with Crippen LogP contribution in [-0.4, -0.2) is 33.1 Å². The van der Waals surface area contributed by atoms with Gasteiger partial charge in [-0.3, -0.25) is 4.79 Å². The maximum absolute atomic E-state index is 12.7. The summed E-state index contributed by atoms with van der Waals surface area (Å²) >= 11 is 0. The number of piperidine rings is 1. The molecule has 2 aliphatic rings. The maximum atomic E-state index is 12.7. The first kappa shape index (κ1) is 13.4. The van der Waals surface area contributed by atoms with E-state index in [-0.39, 0.29) is 17.1 Å². The number of nitrogens with one attached hydrogen (secondary N) is 1. The number of ketones is 1. The minimum absolute atomic E-state index is 0.173. The van der Waals surface area contributed by atoms with E-state index in [1.807, 2.05) is 12.1 Å². The monoisotopic (exact) mass is 275 g/mol. The summed E-state index contributed by atoms with van der Waals surface area (Å²) in [6.07, 6.45) is 3.26. The third-order valence-corrected chi connectivity index (χ3v) is 4.78. The molecule has 0 bridgehead atoms. The largest absolute Gasteiger partial charge is 0.497 e. The van der Waals surface area contributed by atoms with Crippen molar-refractivity contribution in [1.29, 1.82) is 0 Å². The summed E-state index contributed by atoms with van der Waals surface area (Å²) in [5.74, 6) is 1.73. The highest BCUT2D eigenvalue weighted by Gasteiger charge is 2.57. The molecule has 1 spiro atoms. The highest BCUT2D eigenvalue weighted by Crippen LogP contribution is 2.60. The van der Waals surface area contributed by atoms with E-state index in [2.05, 4.69) is 5.32 Å². The molecule has 0 radical (unpaired) electrons. The molecule has 1 unspecified atom stereocenters. The first-order chi connectivity index (χ1) is 9.70. The van der Waals surface area contributed by atoms with Crippen molar-refractivity contribution in [3.63, 3.8) is 0 Å². The second kappa shape index (κ2) is 5.09. The van der Waals surface area contributed by atoms with Crippen LogP contribution < -0.4 is 14.8 Å². The van der Waals surface area contributed by atoms with Crippen molar-refractivity contribution in [1.82, 2.24) is 5.32 Å². The number of hydrogen-bond acceptors (Lipinski definition) is 4. The van der Waals surface area contributed by atoms with Crippen LogP contribution in [0.1, 0.15) is 29.6 Å². The van der Waals surface area contributed by atoms with Crippen LogP contribution in [0.3, 0.4) is 0 Å². The van der Waals surface area contributed by atoms with Gasteiger partial charge in [0.05, 0.1) is 19.8 Å². The van der Waals surface area contributed by atoms with Crippen molar-refractivity contribution in [2.45, 2.75) is 19.3 Å². The lowest BCUT2D eigenvalue weighted by molar-refractivity contribution is 0.0937. The molecule has 2 fully saturated rings. The summed E-state index contributed by atoms with van der Waals surface area (Å²) in [6.45, 7) is 2.06. The van der Waals surface area contributed by atoms with Gasteiger partial charge in [-0.2, -0.15) is 0 Å². The van der Waals surface area contributed by atoms with E-state index >= 15 is 0 Å². The highest BCUT2D eigenvalue weighted by atomic mass is 16.5. The van der Waals surface area contributed by atoms with E-state index in [0.717, 1.165) is 32.4 Å². The fraction of sp³-hybridized carbons (Fsp3) is 0.562. The normalized spacial score (nSPS) is 23.4. The third kappa shape index (κ3) is 2.18. The lowest BCUT2D eigenvalue weighted by atomic mass is 9.89. The second-order valence-electron chi connectivity index (χ2n) is 5.80. The summed E-state index contributed by atoms with van der Waals surface area (Å²) in [7, 11) is 3.21. The van der Waals surface area contributed by atoms with Gasteiger partial charge in [0.15, 0.2) is 5.78 Å². The zero-order chi connectivity index (χ0) is 14.2. The average Bonchev–Trinajstić information content (AvgIpc) is 3.19. The molecule has 1 aliphatic heterocycles. The van der Waals surface area contributed by atoms with Gasteiger partial charge in [-0.15, -0.1) is 0 Å². The Labute approximate surface area is 119 Å². The van der Waals surface area contributed by atoms with Crippen LogP contribution in [0.2, 0.25) is 0 Å². The third-order valence-electron chi connectivity index (χ3n) is 4.78. The van der Waals surface area contributed by atoms with Crippen molar-refractivity contribution in [3.05, 3.63) is 23.8 Å². The van der Waals surface area contributed by atoms with Crippen LogP contribution in [0.25, 0.3) is 0 Å². The molecule has 1 aromatic carbocycles. The minimum Gasteiger partial charge on any atom is -0.497 e. The number of carbonyl (C=O) groups is 1. The Kier molecular flexibility index (Phi) is 3.42. The zero-order valence-electron chi connectivity index (χ0n) is 12.1. The number of ether oxygens (including phenoxy) is 2. The summed E-state index contributed by atoms with van der Waals surface area (Å²) in [6, 6.07) is 5.44. The Morgan fingerprint density at radius 1 is 1.25 bits per heavy atom. The predicted molar refractivity (Wildman–Crippen MR) is 76.5 cm³/mol. The lowest BCUT2D eigenvalue weighted by Gasteiger charge is -2.23. The van der Waals surface area contributed by atoms with E-state index in [9.17, 15) is 4.79 Å². The van der Waals surface area contributed by atoms with Crippen LogP contribution in [0.4, 0.5) is 0 Å². The van der Waals surface area contributed by atoms with Crippen LogP contribution in [0.15, 0.2) is 18.2 Å². The predicted octanol–water partition coefficient (Wildman–Crippen LogP) is 2.28. The molecule has 4 nitrogen and oxygen atoms in total. The van der Waals surface area contributed by atoms with Gasteiger partial charge >= 0.3 is 0 Å². The van der Waals surface area contributed by atoms with Gasteiger partial charge in [-0.05, 0) is 49.9 Å². The molecule has 1 aliphatic carbocycles. The van der Waals surface area contributed by atoms with E-state index in [4.69, 9.17) is 9.47 Å². The van der Waals surface area contributed by atoms with E-state index < -0.39 is 0 Å². The molecule has 4 heteroatoms. The van der Waals surface area contributed by atoms with E-state index in [1.54, 1.807) is 20.3 Å². The fourth-order valence-electron chi connectivity index (χ4n) is 3.39. The molecule has 1 atom stereocenters. The summed E-state index contributed by atoms with van der Waals surface area (Å²) in [5, 5.41) is 3.36. The molecule has 20 heavy (non-hydrogen) atoms. The van der Waals surface area contributed by atoms with E-state index in [0.29, 0.717) is 17.1 Å². The highest BCUT2D eigenvalue weighted by molar-refractivity contribution is 6.02. The van der Waals surface area contributed by atoms with Crippen molar-refractivity contribution in [2.75, 3.05) is 27.3 Å². The number of Topliss-reactive ketones (excluding diaryl/α,β-unsaturated/α-hetero) is 1. The number of benzene rings is 1. The van der Waals surface area contributed by atoms with Gasteiger partial charge in [0, 0.05) is 12.0 Å². The molecule has 108 valence electrons. The molecule has 1 saturated heterocycles. The van der Waals surface area contributed by atoms with Gasteiger partial charge in [0.1, 0.15) is 11.5 Å². The van der Waals surface area contributed by atoms with E-state index in [1.165, 1.54) is 0 Å². The molecule has 3 rings (SSSR count). The fourth-order valence-corrected chi connectivity index (χ4v) is 3.39. The zero-order valence-corrected chi connectivity index (χ0v) is 12.1.